The van der Waals surface area contributed by atoms with Crippen molar-refractivity contribution in [3.8, 4) is 0 Å². The molecule has 1 N–H and O–H groups in total. The van der Waals surface area contributed by atoms with Gasteiger partial charge in [0.15, 0.2) is 0 Å². The van der Waals surface area contributed by atoms with Gasteiger partial charge in [-0.25, -0.2) is 0 Å². The highest BCUT2D eigenvalue weighted by atomic mass is 35.5. The van der Waals surface area contributed by atoms with E-state index in [1.165, 1.54) is 5.56 Å². The van der Waals surface area contributed by atoms with Gasteiger partial charge >= 0.3 is 0 Å². The molecule has 2 amide bonds. The van der Waals surface area contributed by atoms with Crippen LogP contribution in [-0.2, 0) is 17.9 Å². The molecule has 1 aliphatic rings. The van der Waals surface area contributed by atoms with Gasteiger partial charge in [-0.3, -0.25) is 9.59 Å². The second-order valence-electron chi connectivity index (χ2n) is 7.55. The third-order valence-electron chi connectivity index (χ3n) is 4.96. The topological polar surface area (TPSA) is 52.7 Å². The van der Waals surface area contributed by atoms with Crippen LogP contribution in [-0.4, -0.2) is 48.3 Å². The number of rotatable bonds is 6. The van der Waals surface area contributed by atoms with Crippen LogP contribution in [0.5, 0.6) is 0 Å². The van der Waals surface area contributed by atoms with Crippen molar-refractivity contribution >= 4 is 35.0 Å². The van der Waals surface area contributed by atoms with Gasteiger partial charge in [0, 0.05) is 24.7 Å². The Balaban J connectivity index is 1.62. The number of amides is 2. The molecule has 5 nitrogen and oxygen atoms in total. The van der Waals surface area contributed by atoms with Crippen molar-refractivity contribution in [2.75, 3.05) is 20.6 Å². The van der Waals surface area contributed by atoms with Gasteiger partial charge in [-0.2, -0.15) is 0 Å². The normalized spacial score (nSPS) is 16.3. The summed E-state index contributed by atoms with van der Waals surface area (Å²) < 4.78 is 0. The zero-order valence-corrected chi connectivity index (χ0v) is 18.1. The van der Waals surface area contributed by atoms with E-state index in [4.69, 9.17) is 23.2 Å². The monoisotopic (exact) mass is 433 g/mol. The number of nitrogens with zero attached hydrogens (tertiary/aromatic N) is 2. The molecule has 154 valence electrons. The summed E-state index contributed by atoms with van der Waals surface area (Å²) in [6.07, 6.45) is 1.42. The molecule has 0 unspecified atom stereocenters. The number of halogens is 2. The van der Waals surface area contributed by atoms with Gasteiger partial charge in [-0.15, -0.1) is 0 Å². The number of benzene rings is 2. The molecule has 3 rings (SSSR count). The predicted molar refractivity (Wildman–Crippen MR) is 116 cm³/mol. The molecule has 1 saturated heterocycles. The van der Waals surface area contributed by atoms with Crippen LogP contribution in [0.2, 0.25) is 10.0 Å². The average molecular weight is 434 g/mol. The maximum absolute atomic E-state index is 12.9. The summed E-state index contributed by atoms with van der Waals surface area (Å²) in [5, 5.41) is 3.74. The van der Waals surface area contributed by atoms with Crippen molar-refractivity contribution in [3.05, 3.63) is 69.2 Å². The maximum atomic E-state index is 12.9. The van der Waals surface area contributed by atoms with Gasteiger partial charge in [0.25, 0.3) is 5.91 Å². The van der Waals surface area contributed by atoms with Crippen LogP contribution in [0, 0.1) is 0 Å². The van der Waals surface area contributed by atoms with Crippen molar-refractivity contribution < 1.29 is 9.59 Å². The number of likely N-dealkylation sites (tertiary alicyclic amines) is 1. The van der Waals surface area contributed by atoms with E-state index in [1.54, 1.807) is 23.1 Å². The molecule has 2 aromatic carbocycles. The minimum Gasteiger partial charge on any atom is -0.350 e. The van der Waals surface area contributed by atoms with Crippen LogP contribution >= 0.6 is 23.2 Å². The summed E-state index contributed by atoms with van der Waals surface area (Å²) >= 11 is 12.2. The molecule has 1 heterocycles. The van der Waals surface area contributed by atoms with E-state index in [1.807, 2.05) is 26.2 Å². The second-order valence-corrected chi connectivity index (χ2v) is 8.40. The summed E-state index contributed by atoms with van der Waals surface area (Å²) in [6, 6.07) is 12.5. The summed E-state index contributed by atoms with van der Waals surface area (Å²) in [4.78, 5) is 29.4. The number of carbonyl (C=O) groups excluding carboxylic acids is 2. The number of hydrogen-bond donors (Lipinski definition) is 1. The highest BCUT2D eigenvalue weighted by Gasteiger charge is 2.35. The molecule has 0 radical (unpaired) electrons. The lowest BCUT2D eigenvalue weighted by atomic mass is 10.1. The number of nitrogens with one attached hydrogen (secondary N) is 1. The Morgan fingerprint density at radius 2 is 1.79 bits per heavy atom. The quantitative estimate of drug-likeness (QED) is 0.749. The molecular formula is C22H25Cl2N3O2. The third-order valence-corrected chi connectivity index (χ3v) is 5.53. The van der Waals surface area contributed by atoms with E-state index in [0.29, 0.717) is 35.1 Å². The smallest absolute Gasteiger partial charge is 0.256 e. The van der Waals surface area contributed by atoms with Gasteiger partial charge in [0.2, 0.25) is 5.91 Å². The molecule has 0 aromatic heterocycles. The Kier molecular flexibility index (Phi) is 7.17. The van der Waals surface area contributed by atoms with Crippen molar-refractivity contribution in [3.63, 3.8) is 0 Å². The number of carbonyl (C=O) groups is 2. The maximum Gasteiger partial charge on any atom is 0.256 e. The van der Waals surface area contributed by atoms with E-state index < -0.39 is 6.04 Å². The Hall–Kier alpha value is -2.08. The highest BCUT2D eigenvalue weighted by molar-refractivity contribution is 6.35. The fourth-order valence-corrected chi connectivity index (χ4v) is 3.90. The first kappa shape index (κ1) is 21.6. The Morgan fingerprint density at radius 3 is 2.48 bits per heavy atom. The van der Waals surface area contributed by atoms with Gasteiger partial charge in [0.1, 0.15) is 6.04 Å². The highest BCUT2D eigenvalue weighted by Crippen LogP contribution is 2.26. The fraction of sp³-hybridized carbons (Fsp3) is 0.364. The lowest BCUT2D eigenvalue weighted by Gasteiger charge is -2.24. The lowest BCUT2D eigenvalue weighted by molar-refractivity contribution is -0.125. The second kappa shape index (κ2) is 9.61. The zero-order chi connectivity index (χ0) is 21.0. The standard InChI is InChI=1S/C22H25Cl2N3O2/c1-26(2)14-16-7-5-15(6-8-16)13-25-21(28)20-4-3-11-27(20)22(29)18-12-17(23)9-10-19(18)24/h5-10,12,20H,3-4,11,13-14H2,1-2H3,(H,25,28)/t20-/m1/s1. The molecule has 0 saturated carbocycles. The van der Waals surface area contributed by atoms with Crippen molar-refractivity contribution in [2.45, 2.75) is 32.0 Å². The average Bonchev–Trinajstić information content (AvgIpc) is 3.18. The predicted octanol–water partition coefficient (Wildman–Crippen LogP) is 3.98. The fourth-order valence-electron chi connectivity index (χ4n) is 3.53. The summed E-state index contributed by atoms with van der Waals surface area (Å²) in [6.45, 7) is 1.83. The molecule has 1 aliphatic heterocycles. The number of hydrogen-bond acceptors (Lipinski definition) is 3. The first-order valence-electron chi connectivity index (χ1n) is 9.61. The Bertz CT molecular complexity index is 884. The molecule has 0 spiro atoms. The van der Waals surface area contributed by atoms with Crippen LogP contribution in [0.3, 0.4) is 0 Å². The first-order valence-corrected chi connectivity index (χ1v) is 10.4. The lowest BCUT2D eigenvalue weighted by Crippen LogP contribution is -2.45. The molecular weight excluding hydrogens is 409 g/mol. The largest absolute Gasteiger partial charge is 0.350 e. The molecule has 1 fully saturated rings. The van der Waals surface area contributed by atoms with Crippen LogP contribution < -0.4 is 5.32 Å². The minimum atomic E-state index is -0.495. The van der Waals surface area contributed by atoms with Crippen LogP contribution in [0.15, 0.2) is 42.5 Å². The summed E-state index contributed by atoms with van der Waals surface area (Å²) in [5.74, 6) is -0.408. The van der Waals surface area contributed by atoms with Crippen molar-refractivity contribution in [2.24, 2.45) is 0 Å². The molecule has 0 bridgehead atoms. The van der Waals surface area contributed by atoms with Gasteiger partial charge in [-0.05, 0) is 56.3 Å². The van der Waals surface area contributed by atoms with E-state index in [2.05, 4.69) is 22.3 Å². The summed E-state index contributed by atoms with van der Waals surface area (Å²) in [5.41, 5.74) is 2.57. The van der Waals surface area contributed by atoms with Crippen molar-refractivity contribution in [1.29, 1.82) is 0 Å². The third kappa shape index (κ3) is 5.50. The Morgan fingerprint density at radius 1 is 1.10 bits per heavy atom. The molecule has 2 aromatic rings. The SMILES string of the molecule is CN(C)Cc1ccc(CNC(=O)[C@H]2CCCN2C(=O)c2cc(Cl)ccc2Cl)cc1. The zero-order valence-electron chi connectivity index (χ0n) is 16.6. The van der Waals surface area contributed by atoms with Crippen molar-refractivity contribution in [1.82, 2.24) is 15.1 Å². The molecule has 1 atom stereocenters. The molecule has 0 aliphatic carbocycles. The van der Waals surface area contributed by atoms with Crippen LogP contribution in [0.4, 0.5) is 0 Å². The van der Waals surface area contributed by atoms with Crippen LogP contribution in [0.1, 0.15) is 34.3 Å². The van der Waals surface area contributed by atoms with E-state index in [9.17, 15) is 9.59 Å². The van der Waals surface area contributed by atoms with E-state index in [-0.39, 0.29) is 11.8 Å². The Labute approximate surface area is 181 Å². The minimum absolute atomic E-state index is 0.147. The first-order chi connectivity index (χ1) is 13.8. The van der Waals surface area contributed by atoms with E-state index >= 15 is 0 Å². The van der Waals surface area contributed by atoms with E-state index in [0.717, 1.165) is 18.5 Å². The van der Waals surface area contributed by atoms with Gasteiger partial charge in [0.05, 0.1) is 10.6 Å². The van der Waals surface area contributed by atoms with Gasteiger partial charge < -0.3 is 15.1 Å². The van der Waals surface area contributed by atoms with Crippen LogP contribution in [0.25, 0.3) is 0 Å². The molecule has 29 heavy (non-hydrogen) atoms. The van der Waals surface area contributed by atoms with Gasteiger partial charge in [-0.1, -0.05) is 47.5 Å². The summed E-state index contributed by atoms with van der Waals surface area (Å²) in [7, 11) is 4.05. The molecule has 7 heteroatoms.